The van der Waals surface area contributed by atoms with Gasteiger partial charge in [-0.3, -0.25) is 0 Å². The summed E-state index contributed by atoms with van der Waals surface area (Å²) in [7, 11) is 3.28. The first-order chi connectivity index (χ1) is 8.31. The van der Waals surface area contributed by atoms with E-state index in [9.17, 15) is 0 Å². The van der Waals surface area contributed by atoms with Crippen molar-refractivity contribution in [1.82, 2.24) is 5.32 Å². The smallest absolute Gasteiger partial charge is 0.126 e. The van der Waals surface area contributed by atoms with Crippen LogP contribution in [0.5, 0.6) is 17.2 Å². The fourth-order valence-electron chi connectivity index (χ4n) is 1.94. The minimum Gasteiger partial charge on any atom is -0.496 e. The van der Waals surface area contributed by atoms with Gasteiger partial charge in [0.25, 0.3) is 0 Å². The molecule has 17 heavy (non-hydrogen) atoms. The summed E-state index contributed by atoms with van der Waals surface area (Å²) >= 11 is 0. The van der Waals surface area contributed by atoms with Crippen molar-refractivity contribution < 1.29 is 14.2 Å². The Morgan fingerprint density at radius 2 is 1.76 bits per heavy atom. The quantitative estimate of drug-likeness (QED) is 0.846. The lowest BCUT2D eigenvalue weighted by molar-refractivity contribution is 0.257. The van der Waals surface area contributed by atoms with E-state index in [4.69, 9.17) is 14.2 Å². The fourth-order valence-corrected chi connectivity index (χ4v) is 1.94. The van der Waals surface area contributed by atoms with Crippen LogP contribution in [0.2, 0.25) is 0 Å². The van der Waals surface area contributed by atoms with Crippen LogP contribution in [0.3, 0.4) is 0 Å². The number of nitrogens with one attached hydrogen (secondary N) is 1. The second-order valence-corrected chi connectivity index (χ2v) is 4.22. The van der Waals surface area contributed by atoms with Crippen molar-refractivity contribution in [3.63, 3.8) is 0 Å². The van der Waals surface area contributed by atoms with E-state index in [1.54, 1.807) is 14.2 Å². The van der Waals surface area contributed by atoms with Gasteiger partial charge in [-0.25, -0.2) is 0 Å². The van der Waals surface area contributed by atoms with E-state index >= 15 is 0 Å². The van der Waals surface area contributed by atoms with Crippen molar-refractivity contribution in [3.8, 4) is 17.2 Å². The van der Waals surface area contributed by atoms with Gasteiger partial charge < -0.3 is 19.5 Å². The Kier molecular flexibility index (Phi) is 4.09. The number of rotatable bonds is 5. The SMILES string of the molecule is COc1cc(OC)cc(OCC2CCNC2)c1. The average molecular weight is 237 g/mol. The summed E-state index contributed by atoms with van der Waals surface area (Å²) in [5.41, 5.74) is 0. The maximum Gasteiger partial charge on any atom is 0.126 e. The summed E-state index contributed by atoms with van der Waals surface area (Å²) in [5, 5.41) is 3.32. The van der Waals surface area contributed by atoms with Gasteiger partial charge in [-0.1, -0.05) is 0 Å². The molecule has 1 aromatic carbocycles. The van der Waals surface area contributed by atoms with Gasteiger partial charge in [0.2, 0.25) is 0 Å². The molecule has 1 atom stereocenters. The van der Waals surface area contributed by atoms with Crippen LogP contribution >= 0.6 is 0 Å². The van der Waals surface area contributed by atoms with Crippen LogP contribution in [-0.4, -0.2) is 33.9 Å². The number of hydrogen-bond acceptors (Lipinski definition) is 4. The van der Waals surface area contributed by atoms with Crippen molar-refractivity contribution in [3.05, 3.63) is 18.2 Å². The number of methoxy groups -OCH3 is 2. The van der Waals surface area contributed by atoms with Gasteiger partial charge in [-0.05, 0) is 13.0 Å². The number of benzene rings is 1. The lowest BCUT2D eigenvalue weighted by Gasteiger charge is -2.13. The second-order valence-electron chi connectivity index (χ2n) is 4.22. The Hall–Kier alpha value is -1.42. The van der Waals surface area contributed by atoms with Crippen molar-refractivity contribution >= 4 is 0 Å². The predicted molar refractivity (Wildman–Crippen MR) is 66.0 cm³/mol. The lowest BCUT2D eigenvalue weighted by atomic mass is 10.1. The number of hydrogen-bond donors (Lipinski definition) is 1. The molecule has 0 aromatic heterocycles. The molecule has 1 aliphatic rings. The molecule has 0 aliphatic carbocycles. The Morgan fingerprint density at radius 1 is 1.12 bits per heavy atom. The highest BCUT2D eigenvalue weighted by Gasteiger charge is 2.15. The van der Waals surface area contributed by atoms with Crippen molar-refractivity contribution in [2.75, 3.05) is 33.9 Å². The summed E-state index contributed by atoms with van der Waals surface area (Å²) in [6, 6.07) is 5.60. The van der Waals surface area contributed by atoms with E-state index in [-0.39, 0.29) is 0 Å². The van der Waals surface area contributed by atoms with Gasteiger partial charge >= 0.3 is 0 Å². The van der Waals surface area contributed by atoms with Crippen molar-refractivity contribution in [2.24, 2.45) is 5.92 Å². The van der Waals surface area contributed by atoms with E-state index < -0.39 is 0 Å². The molecule has 1 aromatic rings. The Balaban J connectivity index is 1.98. The van der Waals surface area contributed by atoms with Crippen LogP contribution in [0.25, 0.3) is 0 Å². The summed E-state index contributed by atoms with van der Waals surface area (Å²) < 4.78 is 16.2. The molecule has 0 amide bonds. The summed E-state index contributed by atoms with van der Waals surface area (Å²) in [5.74, 6) is 2.91. The van der Waals surface area contributed by atoms with Crippen molar-refractivity contribution in [2.45, 2.75) is 6.42 Å². The molecule has 4 heteroatoms. The monoisotopic (exact) mass is 237 g/mol. The standard InChI is InChI=1S/C13H19NO3/c1-15-11-5-12(16-2)7-13(6-11)17-9-10-3-4-14-8-10/h5-7,10,14H,3-4,8-9H2,1-2H3. The van der Waals surface area contributed by atoms with Gasteiger partial charge in [-0.15, -0.1) is 0 Å². The van der Waals surface area contributed by atoms with Crippen LogP contribution in [-0.2, 0) is 0 Å². The molecule has 4 nitrogen and oxygen atoms in total. The molecule has 0 saturated carbocycles. The van der Waals surface area contributed by atoms with E-state index in [2.05, 4.69) is 5.32 Å². The van der Waals surface area contributed by atoms with Gasteiger partial charge in [-0.2, -0.15) is 0 Å². The first kappa shape index (κ1) is 12.0. The van der Waals surface area contributed by atoms with Gasteiger partial charge in [0.05, 0.1) is 20.8 Å². The van der Waals surface area contributed by atoms with E-state index in [0.717, 1.165) is 36.9 Å². The molecule has 1 heterocycles. The highest BCUT2D eigenvalue weighted by atomic mass is 16.5. The number of ether oxygens (including phenoxy) is 3. The van der Waals surface area contributed by atoms with Crippen molar-refractivity contribution in [1.29, 1.82) is 0 Å². The first-order valence-electron chi connectivity index (χ1n) is 5.88. The van der Waals surface area contributed by atoms with Gasteiger partial charge in [0, 0.05) is 30.7 Å². The van der Waals surface area contributed by atoms with Crippen LogP contribution < -0.4 is 19.5 Å². The van der Waals surface area contributed by atoms with Gasteiger partial charge in [0.1, 0.15) is 17.2 Å². The molecule has 1 aliphatic heterocycles. The topological polar surface area (TPSA) is 39.7 Å². The maximum absolute atomic E-state index is 5.77. The lowest BCUT2D eigenvalue weighted by Crippen LogP contribution is -2.15. The zero-order valence-corrected chi connectivity index (χ0v) is 10.4. The van der Waals surface area contributed by atoms with Crippen LogP contribution in [0.15, 0.2) is 18.2 Å². The Labute approximate surface area is 102 Å². The largest absolute Gasteiger partial charge is 0.496 e. The molecular weight excluding hydrogens is 218 g/mol. The molecule has 1 saturated heterocycles. The molecule has 1 N–H and O–H groups in total. The first-order valence-corrected chi connectivity index (χ1v) is 5.88. The third kappa shape index (κ3) is 3.27. The summed E-state index contributed by atoms with van der Waals surface area (Å²) in [4.78, 5) is 0. The molecule has 0 spiro atoms. The zero-order valence-electron chi connectivity index (χ0n) is 10.4. The fraction of sp³-hybridized carbons (Fsp3) is 0.538. The molecule has 1 fully saturated rings. The average Bonchev–Trinajstić information content (AvgIpc) is 2.89. The van der Waals surface area contributed by atoms with E-state index in [0.29, 0.717) is 5.92 Å². The van der Waals surface area contributed by atoms with Crippen LogP contribution in [0.4, 0.5) is 0 Å². The van der Waals surface area contributed by atoms with Crippen LogP contribution in [0.1, 0.15) is 6.42 Å². The third-order valence-electron chi connectivity index (χ3n) is 2.97. The molecule has 94 valence electrons. The Bertz CT molecular complexity index is 339. The molecule has 1 unspecified atom stereocenters. The minimum atomic E-state index is 0.604. The predicted octanol–water partition coefficient (Wildman–Crippen LogP) is 1.69. The normalized spacial score (nSPS) is 19.1. The third-order valence-corrected chi connectivity index (χ3v) is 2.97. The molecular formula is C13H19NO3. The highest BCUT2D eigenvalue weighted by Crippen LogP contribution is 2.27. The highest BCUT2D eigenvalue weighted by molar-refractivity contribution is 5.41. The summed E-state index contributed by atoms with van der Waals surface area (Å²) in [6.07, 6.45) is 1.18. The summed E-state index contributed by atoms with van der Waals surface area (Å²) in [6.45, 7) is 2.87. The second kappa shape index (κ2) is 5.77. The van der Waals surface area contributed by atoms with Gasteiger partial charge in [0.15, 0.2) is 0 Å². The maximum atomic E-state index is 5.77. The molecule has 2 rings (SSSR count). The Morgan fingerprint density at radius 3 is 2.29 bits per heavy atom. The molecule has 0 radical (unpaired) electrons. The molecule has 0 bridgehead atoms. The van der Waals surface area contributed by atoms with E-state index in [1.165, 1.54) is 6.42 Å². The van der Waals surface area contributed by atoms with E-state index in [1.807, 2.05) is 18.2 Å². The van der Waals surface area contributed by atoms with Crippen LogP contribution in [0, 0.1) is 5.92 Å². The minimum absolute atomic E-state index is 0.604. The zero-order chi connectivity index (χ0) is 12.1.